The van der Waals surface area contributed by atoms with E-state index in [1.807, 2.05) is 30.5 Å². The zero-order valence-corrected chi connectivity index (χ0v) is 15.9. The number of carbonyl (C=O) groups excluding carboxylic acids is 1. The van der Waals surface area contributed by atoms with Crippen LogP contribution in [0.4, 0.5) is 11.6 Å². The average molecular weight is 373 g/mol. The van der Waals surface area contributed by atoms with Crippen LogP contribution in [0.1, 0.15) is 25.3 Å². The van der Waals surface area contributed by atoms with Crippen LogP contribution in [0.2, 0.25) is 0 Å². The number of aromatic nitrogens is 3. The Morgan fingerprint density at radius 1 is 1.39 bits per heavy atom. The second-order valence-corrected chi connectivity index (χ2v) is 7.19. The van der Waals surface area contributed by atoms with E-state index in [1.165, 1.54) is 0 Å². The Morgan fingerprint density at radius 2 is 2.25 bits per heavy atom. The van der Waals surface area contributed by atoms with Crippen molar-refractivity contribution in [1.29, 1.82) is 0 Å². The quantitative estimate of drug-likeness (QED) is 0.637. The molecule has 6 nitrogen and oxygen atoms in total. The van der Waals surface area contributed by atoms with E-state index in [9.17, 15) is 4.79 Å². The number of nitrogens with two attached hydrogens (primary N) is 1. The van der Waals surface area contributed by atoms with Gasteiger partial charge >= 0.3 is 0 Å². The van der Waals surface area contributed by atoms with Gasteiger partial charge in [-0.05, 0) is 54.3 Å². The maximum Gasteiger partial charge on any atom is 0.228 e. The Hall–Kier alpha value is -3.28. The number of hydrogen-bond donors (Lipinski definition) is 2. The maximum absolute atomic E-state index is 12.4. The van der Waals surface area contributed by atoms with Crippen LogP contribution in [0.25, 0.3) is 22.0 Å². The molecule has 1 aliphatic carbocycles. The third-order valence-corrected chi connectivity index (χ3v) is 5.29. The predicted octanol–water partition coefficient (Wildman–Crippen LogP) is 3.99. The standard InChI is InChI=1S/C22H23N5O/c1-3-5-14-8-16(14)22(28)27-20-10-15-9-19(26-21(23)18(15)12-25-20)17-11-24-7-6-13(17)4-2/h3,6-7,9-12,14,16H,1,4-5,8H2,2H3,(H2,23,26)(H,25,27,28)/t14-,16+/m1/s1. The van der Waals surface area contributed by atoms with Gasteiger partial charge in [0.15, 0.2) is 0 Å². The molecule has 0 saturated heterocycles. The number of pyridine rings is 3. The number of rotatable bonds is 6. The molecule has 0 aliphatic heterocycles. The zero-order chi connectivity index (χ0) is 19.7. The van der Waals surface area contributed by atoms with Crippen LogP contribution >= 0.6 is 0 Å². The van der Waals surface area contributed by atoms with E-state index in [0.717, 1.165) is 46.9 Å². The van der Waals surface area contributed by atoms with Crippen molar-refractivity contribution in [3.05, 3.63) is 55.0 Å². The number of nitrogens with zero attached hydrogens (tertiary/aromatic N) is 3. The van der Waals surface area contributed by atoms with E-state index in [1.54, 1.807) is 12.4 Å². The lowest BCUT2D eigenvalue weighted by Crippen LogP contribution is -2.15. The van der Waals surface area contributed by atoms with Crippen molar-refractivity contribution >= 4 is 28.3 Å². The van der Waals surface area contributed by atoms with Crippen LogP contribution in [0.5, 0.6) is 0 Å². The van der Waals surface area contributed by atoms with Crippen molar-refractivity contribution < 1.29 is 4.79 Å². The molecule has 0 aromatic carbocycles. The summed E-state index contributed by atoms with van der Waals surface area (Å²) in [5.41, 5.74) is 9.07. The van der Waals surface area contributed by atoms with Crippen LogP contribution in [-0.2, 0) is 11.2 Å². The molecular weight excluding hydrogens is 350 g/mol. The minimum atomic E-state index is 0.0153. The molecule has 0 radical (unpaired) electrons. The third-order valence-electron chi connectivity index (χ3n) is 5.29. The summed E-state index contributed by atoms with van der Waals surface area (Å²) >= 11 is 0. The first-order chi connectivity index (χ1) is 13.6. The molecule has 3 aromatic rings. The highest BCUT2D eigenvalue weighted by Gasteiger charge is 2.41. The summed E-state index contributed by atoms with van der Waals surface area (Å²) in [6.07, 6.45) is 9.78. The molecule has 0 unspecified atom stereocenters. The van der Waals surface area contributed by atoms with Crippen LogP contribution in [0.15, 0.2) is 49.4 Å². The smallest absolute Gasteiger partial charge is 0.228 e. The molecule has 1 saturated carbocycles. The van der Waals surface area contributed by atoms with Gasteiger partial charge in [0.25, 0.3) is 0 Å². The molecule has 1 fully saturated rings. The number of aryl methyl sites for hydroxylation is 1. The lowest BCUT2D eigenvalue weighted by Gasteiger charge is -2.11. The molecule has 28 heavy (non-hydrogen) atoms. The first-order valence-electron chi connectivity index (χ1n) is 9.52. The van der Waals surface area contributed by atoms with Gasteiger partial charge in [-0.2, -0.15) is 0 Å². The van der Waals surface area contributed by atoms with Crippen molar-refractivity contribution in [2.24, 2.45) is 11.8 Å². The normalized spacial score (nSPS) is 18.0. The highest BCUT2D eigenvalue weighted by molar-refractivity contribution is 5.98. The Balaban J connectivity index is 1.65. The molecule has 0 bridgehead atoms. The number of amides is 1. The number of fused-ring (bicyclic) bond motifs is 1. The summed E-state index contributed by atoms with van der Waals surface area (Å²) in [7, 11) is 0. The van der Waals surface area contributed by atoms with Crippen LogP contribution in [-0.4, -0.2) is 20.9 Å². The number of hydrogen-bond acceptors (Lipinski definition) is 5. The average Bonchev–Trinajstić information content (AvgIpc) is 3.47. The molecule has 3 N–H and O–H groups in total. The first kappa shape index (κ1) is 18.1. The van der Waals surface area contributed by atoms with Crippen LogP contribution in [0.3, 0.4) is 0 Å². The summed E-state index contributed by atoms with van der Waals surface area (Å²) in [4.78, 5) is 25.5. The second kappa shape index (κ2) is 7.38. The maximum atomic E-state index is 12.4. The fourth-order valence-electron chi connectivity index (χ4n) is 3.60. The summed E-state index contributed by atoms with van der Waals surface area (Å²) < 4.78 is 0. The van der Waals surface area contributed by atoms with Gasteiger partial charge in [-0.15, -0.1) is 6.58 Å². The van der Waals surface area contributed by atoms with E-state index in [-0.39, 0.29) is 11.8 Å². The molecule has 3 aromatic heterocycles. The topological polar surface area (TPSA) is 93.8 Å². The van der Waals surface area contributed by atoms with Gasteiger partial charge in [0.1, 0.15) is 11.6 Å². The van der Waals surface area contributed by atoms with Gasteiger partial charge in [0.05, 0.1) is 5.69 Å². The van der Waals surface area contributed by atoms with E-state index in [2.05, 4.69) is 33.8 Å². The molecule has 1 aliphatic rings. The SMILES string of the molecule is C=CC[C@@H]1C[C@@H]1C(=O)Nc1cc2cc(-c3cnccc3CC)nc(N)c2cn1. The summed E-state index contributed by atoms with van der Waals surface area (Å²) in [6, 6.07) is 5.81. The second-order valence-electron chi connectivity index (χ2n) is 7.19. The van der Waals surface area contributed by atoms with Crippen LogP contribution in [0, 0.1) is 11.8 Å². The zero-order valence-electron chi connectivity index (χ0n) is 15.9. The van der Waals surface area contributed by atoms with Gasteiger partial charge in [-0.3, -0.25) is 9.78 Å². The minimum Gasteiger partial charge on any atom is -0.383 e. The highest BCUT2D eigenvalue weighted by atomic mass is 16.2. The van der Waals surface area contributed by atoms with E-state index < -0.39 is 0 Å². The number of anilines is 2. The van der Waals surface area contributed by atoms with Gasteiger partial charge in [0.2, 0.25) is 5.91 Å². The Bertz CT molecular complexity index is 1060. The molecule has 2 atom stereocenters. The van der Waals surface area contributed by atoms with Crippen LogP contribution < -0.4 is 11.1 Å². The molecule has 1 amide bonds. The Kier molecular flexibility index (Phi) is 4.77. The molecule has 4 rings (SSSR count). The molecular formula is C22H23N5O. The molecule has 3 heterocycles. The van der Waals surface area contributed by atoms with E-state index in [0.29, 0.717) is 17.6 Å². The predicted molar refractivity (Wildman–Crippen MR) is 112 cm³/mol. The van der Waals surface area contributed by atoms with Crippen molar-refractivity contribution in [3.8, 4) is 11.3 Å². The lowest BCUT2D eigenvalue weighted by atomic mass is 10.0. The summed E-state index contributed by atoms with van der Waals surface area (Å²) in [6.45, 7) is 5.84. The van der Waals surface area contributed by atoms with Crippen molar-refractivity contribution in [1.82, 2.24) is 15.0 Å². The van der Waals surface area contributed by atoms with E-state index in [4.69, 9.17) is 5.73 Å². The number of nitrogens with one attached hydrogen (secondary N) is 1. The van der Waals surface area contributed by atoms with Crippen molar-refractivity contribution in [2.45, 2.75) is 26.2 Å². The fraction of sp³-hybridized carbons (Fsp3) is 0.273. The Labute approximate surface area is 163 Å². The Morgan fingerprint density at radius 3 is 3.04 bits per heavy atom. The molecule has 0 spiro atoms. The highest BCUT2D eigenvalue weighted by Crippen LogP contribution is 2.42. The minimum absolute atomic E-state index is 0.0153. The largest absolute Gasteiger partial charge is 0.383 e. The monoisotopic (exact) mass is 373 g/mol. The summed E-state index contributed by atoms with van der Waals surface area (Å²) in [5.74, 6) is 1.41. The van der Waals surface area contributed by atoms with Crippen molar-refractivity contribution in [2.75, 3.05) is 11.1 Å². The summed E-state index contributed by atoms with van der Waals surface area (Å²) in [5, 5.41) is 4.58. The first-order valence-corrected chi connectivity index (χ1v) is 9.52. The lowest BCUT2D eigenvalue weighted by molar-refractivity contribution is -0.117. The number of allylic oxidation sites excluding steroid dienone is 1. The van der Waals surface area contributed by atoms with Gasteiger partial charge in [-0.25, -0.2) is 9.97 Å². The molecule has 6 heteroatoms. The van der Waals surface area contributed by atoms with Crippen molar-refractivity contribution in [3.63, 3.8) is 0 Å². The number of nitrogen functional groups attached to an aromatic ring is 1. The number of carbonyl (C=O) groups is 1. The van der Waals surface area contributed by atoms with Gasteiger partial charge in [-0.1, -0.05) is 13.0 Å². The molecule has 142 valence electrons. The third kappa shape index (κ3) is 3.45. The van der Waals surface area contributed by atoms with Gasteiger partial charge < -0.3 is 11.1 Å². The van der Waals surface area contributed by atoms with E-state index >= 15 is 0 Å². The van der Waals surface area contributed by atoms with Gasteiger partial charge in [0, 0.05) is 35.5 Å². The fourth-order valence-corrected chi connectivity index (χ4v) is 3.60.